The van der Waals surface area contributed by atoms with Crippen molar-refractivity contribution in [3.63, 3.8) is 0 Å². The molecular weight excluding hydrogens is 495 g/mol. The van der Waals surface area contributed by atoms with Gasteiger partial charge >= 0.3 is 0 Å². The van der Waals surface area contributed by atoms with E-state index in [4.69, 9.17) is 10.5 Å². The monoisotopic (exact) mass is 528 g/mol. The van der Waals surface area contributed by atoms with Crippen LogP contribution in [-0.4, -0.2) is 28.5 Å². The Bertz CT molecular complexity index is 1720. The van der Waals surface area contributed by atoms with Crippen LogP contribution in [0, 0.1) is 19.7 Å². The van der Waals surface area contributed by atoms with Gasteiger partial charge in [0.25, 0.3) is 0 Å². The molecule has 2 aliphatic rings. The van der Waals surface area contributed by atoms with Gasteiger partial charge in [-0.25, -0.2) is 4.39 Å². The van der Waals surface area contributed by atoms with Crippen LogP contribution in [0.5, 0.6) is 5.75 Å². The number of nitrogen functional groups attached to an aromatic ring is 1. The van der Waals surface area contributed by atoms with Crippen molar-refractivity contribution in [2.45, 2.75) is 64.8 Å². The molecule has 0 unspecified atom stereocenters. The number of benzene rings is 2. The summed E-state index contributed by atoms with van der Waals surface area (Å²) in [6, 6.07) is 8.37. The Hall–Kier alpha value is -3.94. The predicted octanol–water partition coefficient (Wildman–Crippen LogP) is 5.80. The topological polar surface area (TPSA) is 99.2 Å². The Morgan fingerprint density at radius 3 is 2.74 bits per heavy atom. The predicted molar refractivity (Wildman–Crippen MR) is 153 cm³/mol. The van der Waals surface area contributed by atoms with E-state index in [0.29, 0.717) is 24.4 Å². The van der Waals surface area contributed by atoms with Crippen LogP contribution in [0.4, 0.5) is 15.8 Å². The van der Waals surface area contributed by atoms with Crippen molar-refractivity contribution in [3.05, 3.63) is 68.9 Å². The van der Waals surface area contributed by atoms with E-state index in [2.05, 4.69) is 35.4 Å². The second-order valence-corrected chi connectivity index (χ2v) is 11.1. The summed E-state index contributed by atoms with van der Waals surface area (Å²) >= 11 is 0. The van der Waals surface area contributed by atoms with Crippen molar-refractivity contribution in [2.24, 2.45) is 0 Å². The number of hydrogen-bond acceptors (Lipinski definition) is 6. The average molecular weight is 529 g/mol. The molecule has 7 nitrogen and oxygen atoms in total. The minimum absolute atomic E-state index is 0.0285. The molecule has 6 rings (SSSR count). The normalized spacial score (nSPS) is 15.7. The molecule has 3 N–H and O–H groups in total. The molecule has 2 aromatic carbocycles. The molecule has 1 spiro atoms. The minimum Gasteiger partial charge on any atom is -0.487 e. The van der Waals surface area contributed by atoms with Gasteiger partial charge in [0.1, 0.15) is 12.3 Å². The van der Waals surface area contributed by atoms with Crippen LogP contribution in [0.15, 0.2) is 35.3 Å². The number of rotatable bonds is 6. The summed E-state index contributed by atoms with van der Waals surface area (Å²) in [5.41, 5.74) is 10.1. The Kier molecular flexibility index (Phi) is 6.08. The number of nitrogens with two attached hydrogens (primary N) is 1. The van der Waals surface area contributed by atoms with E-state index in [0.717, 1.165) is 55.1 Å². The van der Waals surface area contributed by atoms with Crippen LogP contribution in [0.1, 0.15) is 66.2 Å². The van der Waals surface area contributed by atoms with Crippen molar-refractivity contribution >= 4 is 39.0 Å². The lowest BCUT2D eigenvalue weighted by atomic mass is 9.93. The molecule has 1 saturated carbocycles. The number of Topliss-reactive ketones (excluding diaryl/α,β-unsaturated/α-hetero) is 1. The van der Waals surface area contributed by atoms with Gasteiger partial charge in [0, 0.05) is 23.8 Å². The molecule has 0 saturated heterocycles. The van der Waals surface area contributed by atoms with Crippen LogP contribution in [0.2, 0.25) is 0 Å². The highest BCUT2D eigenvalue weighted by Crippen LogP contribution is 2.48. The first-order valence-electron chi connectivity index (χ1n) is 13.7. The van der Waals surface area contributed by atoms with Crippen LogP contribution < -0.4 is 21.2 Å². The largest absolute Gasteiger partial charge is 0.487 e. The molecule has 2 aromatic heterocycles. The SMILES string of the molecule is CC(=O)c1cn2c3c(c(NCCCc4cc(C)nc5ccc(C)cc45)c(F)c(N)c3c1=O)OCC21CCCC1. The summed E-state index contributed by atoms with van der Waals surface area (Å²) in [6.45, 7) is 6.25. The first kappa shape index (κ1) is 25.3. The molecule has 1 aliphatic heterocycles. The summed E-state index contributed by atoms with van der Waals surface area (Å²) in [5.74, 6) is -0.782. The second-order valence-electron chi connectivity index (χ2n) is 11.1. The fraction of sp³-hybridized carbons (Fsp3) is 0.387. The van der Waals surface area contributed by atoms with Gasteiger partial charge in [0.2, 0.25) is 5.43 Å². The number of nitrogens with zero attached hydrogens (tertiary/aromatic N) is 2. The lowest BCUT2D eigenvalue weighted by Gasteiger charge is -2.39. The zero-order valence-corrected chi connectivity index (χ0v) is 22.6. The Balaban J connectivity index is 1.37. The minimum atomic E-state index is -0.718. The Morgan fingerprint density at radius 1 is 1.23 bits per heavy atom. The van der Waals surface area contributed by atoms with Crippen molar-refractivity contribution < 1.29 is 13.9 Å². The van der Waals surface area contributed by atoms with Crippen molar-refractivity contribution in [2.75, 3.05) is 24.2 Å². The van der Waals surface area contributed by atoms with E-state index in [1.165, 1.54) is 18.1 Å². The molecule has 0 atom stereocenters. The first-order chi connectivity index (χ1) is 18.7. The molecule has 39 heavy (non-hydrogen) atoms. The zero-order chi connectivity index (χ0) is 27.5. The third-order valence-electron chi connectivity index (χ3n) is 8.39. The first-order valence-corrected chi connectivity index (χ1v) is 13.7. The number of ether oxygens (including phenoxy) is 1. The maximum Gasteiger partial charge on any atom is 0.202 e. The number of aryl methyl sites for hydroxylation is 3. The molecule has 1 fully saturated rings. The van der Waals surface area contributed by atoms with Crippen LogP contribution in [-0.2, 0) is 12.0 Å². The molecule has 202 valence electrons. The highest BCUT2D eigenvalue weighted by Gasteiger charge is 2.42. The van der Waals surface area contributed by atoms with Gasteiger partial charge in [-0.05, 0) is 70.2 Å². The molecular formula is C31H33FN4O3. The van der Waals surface area contributed by atoms with Crippen molar-refractivity contribution in [1.82, 2.24) is 9.55 Å². The molecule has 0 radical (unpaired) electrons. The number of carbonyl (C=O) groups is 1. The van der Waals surface area contributed by atoms with Crippen LogP contribution in [0.25, 0.3) is 21.8 Å². The van der Waals surface area contributed by atoms with Gasteiger partial charge in [0.15, 0.2) is 17.3 Å². The standard InChI is InChI=1S/C31H33FN4O3/c1-17-8-9-23-21(13-17)20(14-18(2)35-23)7-6-12-34-27-25(32)26(33)24-28-30(27)39-16-31(10-4-5-11-31)36(28)15-22(19(3)37)29(24)38/h8-9,13-15,34H,4-7,10-12,16,33H2,1-3H3. The summed E-state index contributed by atoms with van der Waals surface area (Å²) < 4.78 is 24.0. The van der Waals surface area contributed by atoms with Gasteiger partial charge in [-0.2, -0.15) is 0 Å². The summed E-state index contributed by atoms with van der Waals surface area (Å²) in [7, 11) is 0. The fourth-order valence-corrected chi connectivity index (χ4v) is 6.42. The maximum atomic E-state index is 15.8. The van der Waals surface area contributed by atoms with Crippen LogP contribution in [0.3, 0.4) is 0 Å². The number of pyridine rings is 2. The van der Waals surface area contributed by atoms with Crippen LogP contribution >= 0.6 is 0 Å². The summed E-state index contributed by atoms with van der Waals surface area (Å²) in [6.07, 6.45) is 6.93. The average Bonchev–Trinajstić information content (AvgIpc) is 3.37. The molecule has 3 heterocycles. The summed E-state index contributed by atoms with van der Waals surface area (Å²) in [5, 5.41) is 4.39. The van der Waals surface area contributed by atoms with E-state index in [1.54, 1.807) is 6.20 Å². The Labute approximate surface area is 226 Å². The lowest BCUT2D eigenvalue weighted by molar-refractivity contribution is 0.101. The van der Waals surface area contributed by atoms with Crippen molar-refractivity contribution in [3.8, 4) is 5.75 Å². The smallest absolute Gasteiger partial charge is 0.202 e. The number of fused-ring (bicyclic) bond motifs is 2. The Morgan fingerprint density at radius 2 is 2.00 bits per heavy atom. The van der Waals surface area contributed by atoms with Gasteiger partial charge in [-0.3, -0.25) is 14.6 Å². The highest BCUT2D eigenvalue weighted by atomic mass is 19.1. The number of halogens is 1. The fourth-order valence-electron chi connectivity index (χ4n) is 6.42. The quantitative estimate of drug-likeness (QED) is 0.187. The molecule has 1 aliphatic carbocycles. The number of hydrogen-bond donors (Lipinski definition) is 2. The third-order valence-corrected chi connectivity index (χ3v) is 8.39. The highest BCUT2D eigenvalue weighted by molar-refractivity contribution is 6.04. The second kappa shape index (κ2) is 9.36. The van der Waals surface area contributed by atoms with E-state index in [9.17, 15) is 9.59 Å². The number of nitrogens with one attached hydrogen (secondary N) is 1. The van der Waals surface area contributed by atoms with Gasteiger partial charge < -0.3 is 20.4 Å². The van der Waals surface area contributed by atoms with E-state index >= 15 is 4.39 Å². The number of aromatic nitrogens is 2. The van der Waals surface area contributed by atoms with Gasteiger partial charge in [0.05, 0.1) is 33.2 Å². The lowest BCUT2D eigenvalue weighted by Crippen LogP contribution is -2.42. The number of anilines is 2. The molecule has 0 bridgehead atoms. The van der Waals surface area contributed by atoms with E-state index in [1.807, 2.05) is 17.6 Å². The molecule has 0 amide bonds. The van der Waals surface area contributed by atoms with Crippen molar-refractivity contribution in [1.29, 1.82) is 0 Å². The van der Waals surface area contributed by atoms with Gasteiger partial charge in [-0.1, -0.05) is 24.5 Å². The van der Waals surface area contributed by atoms with Gasteiger partial charge in [-0.15, -0.1) is 0 Å². The number of carbonyl (C=O) groups excluding carboxylic acids is 1. The number of ketones is 1. The van der Waals surface area contributed by atoms with E-state index < -0.39 is 11.2 Å². The molecule has 8 heteroatoms. The van der Waals surface area contributed by atoms with E-state index in [-0.39, 0.29) is 33.6 Å². The summed E-state index contributed by atoms with van der Waals surface area (Å²) in [4.78, 5) is 30.3. The zero-order valence-electron chi connectivity index (χ0n) is 22.6. The molecule has 4 aromatic rings. The maximum absolute atomic E-state index is 15.8. The third kappa shape index (κ3) is 4.04.